The summed E-state index contributed by atoms with van der Waals surface area (Å²) in [7, 11) is -3.75. The Labute approximate surface area is 164 Å². The molecule has 1 N–H and O–H groups in total. The lowest BCUT2D eigenvalue weighted by atomic mass is 10.1. The average molecular weight is 405 g/mol. The van der Waals surface area contributed by atoms with E-state index in [1.165, 1.54) is 24.3 Å². The van der Waals surface area contributed by atoms with Gasteiger partial charge in [0.1, 0.15) is 6.04 Å². The Bertz CT molecular complexity index is 1000. The number of nitrogens with zero attached hydrogens (tertiary/aromatic N) is 2. The van der Waals surface area contributed by atoms with Crippen LogP contribution in [0.1, 0.15) is 24.5 Å². The summed E-state index contributed by atoms with van der Waals surface area (Å²) in [4.78, 5) is 23.2. The van der Waals surface area contributed by atoms with Crippen LogP contribution in [0.5, 0.6) is 0 Å². The molecular formula is C19H23N3O5S. The van der Waals surface area contributed by atoms with Crippen molar-refractivity contribution in [3.63, 3.8) is 0 Å². The molecule has 0 unspecified atom stereocenters. The van der Waals surface area contributed by atoms with Gasteiger partial charge in [-0.05, 0) is 49.6 Å². The molecule has 9 heteroatoms. The fourth-order valence-electron chi connectivity index (χ4n) is 2.85. The first-order valence-electron chi connectivity index (χ1n) is 8.66. The van der Waals surface area contributed by atoms with Gasteiger partial charge in [-0.2, -0.15) is 0 Å². The molecule has 0 aromatic heterocycles. The lowest BCUT2D eigenvalue weighted by Crippen LogP contribution is -2.47. The molecule has 2 aromatic rings. The second kappa shape index (κ2) is 8.39. The fraction of sp³-hybridized carbons (Fsp3) is 0.316. The van der Waals surface area contributed by atoms with Crippen molar-refractivity contribution in [3.8, 4) is 0 Å². The minimum absolute atomic E-state index is 0.167. The van der Waals surface area contributed by atoms with E-state index in [0.717, 1.165) is 21.7 Å². The van der Waals surface area contributed by atoms with Gasteiger partial charge in [0.15, 0.2) is 0 Å². The number of nitro groups is 1. The molecule has 0 fully saturated rings. The number of aryl methyl sites for hydroxylation is 2. The summed E-state index contributed by atoms with van der Waals surface area (Å²) in [5.41, 5.74) is 2.36. The molecular weight excluding hydrogens is 382 g/mol. The summed E-state index contributed by atoms with van der Waals surface area (Å²) in [5.74, 6) is -0.563. The summed E-state index contributed by atoms with van der Waals surface area (Å²) in [6, 6.07) is 9.68. The molecule has 0 spiro atoms. The second-order valence-electron chi connectivity index (χ2n) is 6.55. The molecule has 2 aromatic carbocycles. The number of nitrogens with one attached hydrogen (secondary N) is 1. The maximum atomic E-state index is 12.9. The molecule has 0 aliphatic rings. The highest BCUT2D eigenvalue weighted by atomic mass is 32.2. The summed E-state index contributed by atoms with van der Waals surface area (Å²) in [6.45, 7) is 5.48. The number of amides is 1. The Morgan fingerprint density at radius 1 is 1.18 bits per heavy atom. The van der Waals surface area contributed by atoms with Crippen molar-refractivity contribution in [2.24, 2.45) is 0 Å². The first-order chi connectivity index (χ1) is 13.0. The van der Waals surface area contributed by atoms with E-state index < -0.39 is 26.9 Å². The third-order valence-corrected chi connectivity index (χ3v) is 5.58. The largest absolute Gasteiger partial charge is 0.324 e. The van der Waals surface area contributed by atoms with Gasteiger partial charge in [-0.25, -0.2) is 8.42 Å². The topological polar surface area (TPSA) is 110 Å². The molecule has 1 atom stereocenters. The van der Waals surface area contributed by atoms with Gasteiger partial charge >= 0.3 is 0 Å². The van der Waals surface area contributed by atoms with Crippen LogP contribution in [0.4, 0.5) is 17.1 Å². The predicted octanol–water partition coefficient (Wildman–Crippen LogP) is 3.39. The monoisotopic (exact) mass is 405 g/mol. The number of sulfonamides is 1. The van der Waals surface area contributed by atoms with E-state index in [1.807, 2.05) is 13.8 Å². The Morgan fingerprint density at radius 3 is 2.39 bits per heavy atom. The molecule has 0 radical (unpaired) electrons. The van der Waals surface area contributed by atoms with Crippen molar-refractivity contribution in [3.05, 3.63) is 63.7 Å². The molecule has 150 valence electrons. The van der Waals surface area contributed by atoms with E-state index in [2.05, 4.69) is 5.32 Å². The predicted molar refractivity (Wildman–Crippen MR) is 109 cm³/mol. The van der Waals surface area contributed by atoms with Crippen LogP contribution in [0.2, 0.25) is 0 Å². The normalized spacial score (nSPS) is 12.3. The van der Waals surface area contributed by atoms with Crippen molar-refractivity contribution in [2.75, 3.05) is 15.9 Å². The molecule has 0 aliphatic heterocycles. The highest BCUT2D eigenvalue weighted by Crippen LogP contribution is 2.26. The lowest BCUT2D eigenvalue weighted by molar-refractivity contribution is -0.384. The van der Waals surface area contributed by atoms with Gasteiger partial charge in [-0.15, -0.1) is 0 Å². The first kappa shape index (κ1) is 21.4. The lowest BCUT2D eigenvalue weighted by Gasteiger charge is -2.30. The number of hydrogen-bond acceptors (Lipinski definition) is 5. The van der Waals surface area contributed by atoms with Crippen molar-refractivity contribution in [2.45, 2.75) is 33.2 Å². The maximum absolute atomic E-state index is 12.9. The van der Waals surface area contributed by atoms with Crippen LogP contribution < -0.4 is 9.62 Å². The molecule has 0 saturated heterocycles. The van der Waals surface area contributed by atoms with Crippen LogP contribution >= 0.6 is 0 Å². The molecule has 2 rings (SSSR count). The van der Waals surface area contributed by atoms with Gasteiger partial charge in [0, 0.05) is 17.8 Å². The third kappa shape index (κ3) is 4.86. The Morgan fingerprint density at radius 2 is 1.86 bits per heavy atom. The zero-order chi connectivity index (χ0) is 21.1. The van der Waals surface area contributed by atoms with E-state index in [9.17, 15) is 23.3 Å². The molecule has 28 heavy (non-hydrogen) atoms. The molecule has 0 heterocycles. The zero-order valence-corrected chi connectivity index (χ0v) is 17.0. The van der Waals surface area contributed by atoms with Crippen molar-refractivity contribution in [1.82, 2.24) is 0 Å². The van der Waals surface area contributed by atoms with Crippen molar-refractivity contribution < 1.29 is 18.1 Å². The van der Waals surface area contributed by atoms with E-state index in [-0.39, 0.29) is 17.8 Å². The smallest absolute Gasteiger partial charge is 0.271 e. The highest BCUT2D eigenvalue weighted by Gasteiger charge is 2.31. The number of benzene rings is 2. The van der Waals surface area contributed by atoms with Crippen LogP contribution in [0.25, 0.3) is 0 Å². The minimum Gasteiger partial charge on any atom is -0.324 e. The minimum atomic E-state index is -3.75. The highest BCUT2D eigenvalue weighted by molar-refractivity contribution is 7.92. The van der Waals surface area contributed by atoms with E-state index >= 15 is 0 Å². The van der Waals surface area contributed by atoms with E-state index in [0.29, 0.717) is 5.69 Å². The summed E-state index contributed by atoms with van der Waals surface area (Å²) < 4.78 is 26.1. The standard InChI is InChI=1S/C19H23N3O5S/c1-5-18(19(23)20-15-7-6-8-17(12-15)22(24)25)21(28(4,26)27)16-10-9-13(2)14(3)11-16/h6-12,18H,5H2,1-4H3,(H,20,23)/t18-/m1/s1. The Balaban J connectivity index is 2.40. The molecule has 0 saturated carbocycles. The number of carbonyl (C=O) groups excluding carboxylic acids is 1. The van der Waals surface area contributed by atoms with E-state index in [1.54, 1.807) is 25.1 Å². The van der Waals surface area contributed by atoms with Gasteiger partial charge in [-0.3, -0.25) is 19.2 Å². The van der Waals surface area contributed by atoms with Crippen molar-refractivity contribution in [1.29, 1.82) is 0 Å². The summed E-state index contributed by atoms with van der Waals surface area (Å²) >= 11 is 0. The summed E-state index contributed by atoms with van der Waals surface area (Å²) in [6.07, 6.45) is 1.27. The van der Waals surface area contributed by atoms with Crippen LogP contribution in [0.3, 0.4) is 0 Å². The van der Waals surface area contributed by atoms with Crippen LogP contribution in [-0.4, -0.2) is 31.5 Å². The molecule has 1 amide bonds. The number of hydrogen-bond donors (Lipinski definition) is 1. The van der Waals surface area contributed by atoms with Gasteiger partial charge < -0.3 is 5.32 Å². The first-order valence-corrected chi connectivity index (χ1v) is 10.5. The Hall–Kier alpha value is -2.94. The SMILES string of the molecule is CC[C@H](C(=O)Nc1cccc([N+](=O)[O-])c1)N(c1ccc(C)c(C)c1)S(C)(=O)=O. The van der Waals surface area contributed by atoms with Crippen LogP contribution in [0.15, 0.2) is 42.5 Å². The van der Waals surface area contributed by atoms with Gasteiger partial charge in [-0.1, -0.05) is 19.1 Å². The average Bonchev–Trinajstić information content (AvgIpc) is 2.61. The van der Waals surface area contributed by atoms with Crippen LogP contribution in [-0.2, 0) is 14.8 Å². The number of carbonyl (C=O) groups is 1. The number of nitro benzene ring substituents is 1. The maximum Gasteiger partial charge on any atom is 0.271 e. The van der Waals surface area contributed by atoms with Gasteiger partial charge in [0.05, 0.1) is 16.9 Å². The van der Waals surface area contributed by atoms with Gasteiger partial charge in [0.2, 0.25) is 15.9 Å². The molecule has 0 aliphatic carbocycles. The van der Waals surface area contributed by atoms with Gasteiger partial charge in [0.25, 0.3) is 5.69 Å². The third-order valence-electron chi connectivity index (χ3n) is 4.40. The fourth-order valence-corrected chi connectivity index (χ4v) is 4.05. The second-order valence-corrected chi connectivity index (χ2v) is 8.41. The van der Waals surface area contributed by atoms with E-state index in [4.69, 9.17) is 0 Å². The Kier molecular flexibility index (Phi) is 6.40. The molecule has 8 nitrogen and oxygen atoms in total. The molecule has 0 bridgehead atoms. The quantitative estimate of drug-likeness (QED) is 0.561. The van der Waals surface area contributed by atoms with Crippen molar-refractivity contribution >= 4 is 33.0 Å². The van der Waals surface area contributed by atoms with Crippen LogP contribution in [0, 0.1) is 24.0 Å². The number of anilines is 2. The summed E-state index contributed by atoms with van der Waals surface area (Å²) in [5, 5.41) is 13.5. The number of non-ortho nitro benzene ring substituents is 1. The zero-order valence-electron chi connectivity index (χ0n) is 16.2. The number of rotatable bonds is 7.